The minimum atomic E-state index is -0.124. The fraction of sp³-hybridized carbons (Fsp3) is 0.143. The average Bonchev–Trinajstić information content (AvgIpc) is 2.43. The Hall–Kier alpha value is -2.20. The predicted molar refractivity (Wildman–Crippen MR) is 72.3 cm³/mol. The summed E-state index contributed by atoms with van der Waals surface area (Å²) < 4.78 is 0. The summed E-state index contributed by atoms with van der Waals surface area (Å²) in [4.78, 5) is 16.3. The summed E-state index contributed by atoms with van der Waals surface area (Å²) in [5, 5.41) is 3.77. The highest BCUT2D eigenvalue weighted by molar-refractivity contribution is 6.05. The molecule has 1 heterocycles. The zero-order valence-corrected chi connectivity index (χ0v) is 9.97. The van der Waals surface area contributed by atoms with Gasteiger partial charge in [-0.1, -0.05) is 30.4 Å². The molecule has 0 fully saturated rings. The van der Waals surface area contributed by atoms with Gasteiger partial charge in [-0.2, -0.15) is 0 Å². The molecule has 2 aromatic rings. The van der Waals surface area contributed by atoms with Crippen LogP contribution in [0.2, 0.25) is 0 Å². The summed E-state index contributed by atoms with van der Waals surface area (Å²) in [5.74, 6) is -0.124. The summed E-state index contributed by atoms with van der Waals surface area (Å²) in [6.07, 6.45) is 5.32. The molecule has 2 rings (SSSR count). The van der Waals surface area contributed by atoms with E-state index in [1.165, 1.54) is 0 Å². The van der Waals surface area contributed by atoms with Gasteiger partial charge in [0.25, 0.3) is 5.91 Å². The Morgan fingerprint density at radius 1 is 1.28 bits per heavy atom. The van der Waals surface area contributed by atoms with Crippen molar-refractivity contribution >= 4 is 16.8 Å². The lowest BCUT2D eigenvalue weighted by Gasteiger charge is -2.05. The van der Waals surface area contributed by atoms with Crippen LogP contribution in [-0.2, 0) is 0 Å². The number of hydrogen-bond donors (Lipinski definition) is 2. The summed E-state index contributed by atoms with van der Waals surface area (Å²) in [6.45, 7) is 0.949. The molecule has 1 amide bonds. The molecule has 4 heteroatoms. The molecule has 0 aliphatic rings. The van der Waals surface area contributed by atoms with E-state index in [4.69, 9.17) is 5.73 Å². The number of rotatable bonds is 4. The number of nitrogens with two attached hydrogens (primary N) is 1. The third-order valence-electron chi connectivity index (χ3n) is 2.56. The molecule has 1 aromatic carbocycles. The van der Waals surface area contributed by atoms with E-state index in [0.717, 1.165) is 10.9 Å². The van der Waals surface area contributed by atoms with Crippen molar-refractivity contribution in [1.82, 2.24) is 10.3 Å². The second kappa shape index (κ2) is 5.93. The topological polar surface area (TPSA) is 68.0 Å². The van der Waals surface area contributed by atoms with E-state index in [9.17, 15) is 4.79 Å². The summed E-state index contributed by atoms with van der Waals surface area (Å²) >= 11 is 0. The number of carbonyl (C=O) groups excluding carboxylic acids is 1. The molecular formula is C14H15N3O. The summed E-state index contributed by atoms with van der Waals surface area (Å²) in [5.41, 5.74) is 6.64. The quantitative estimate of drug-likeness (QED) is 0.797. The molecule has 0 radical (unpaired) electrons. The maximum Gasteiger partial charge on any atom is 0.253 e. The molecule has 4 nitrogen and oxygen atoms in total. The van der Waals surface area contributed by atoms with Gasteiger partial charge in [-0.25, -0.2) is 0 Å². The fourth-order valence-electron chi connectivity index (χ4n) is 1.71. The normalized spacial score (nSPS) is 10.9. The van der Waals surface area contributed by atoms with Crippen LogP contribution in [0.4, 0.5) is 0 Å². The van der Waals surface area contributed by atoms with Gasteiger partial charge in [-0.3, -0.25) is 9.78 Å². The molecule has 0 saturated carbocycles. The Balaban J connectivity index is 2.20. The first-order valence-corrected chi connectivity index (χ1v) is 5.80. The number of para-hydroxylation sites is 1. The minimum Gasteiger partial charge on any atom is -0.349 e. The van der Waals surface area contributed by atoms with Gasteiger partial charge in [-0.15, -0.1) is 0 Å². The Bertz CT molecular complexity index is 573. The fourth-order valence-corrected chi connectivity index (χ4v) is 1.71. The molecule has 1 aromatic heterocycles. The first-order valence-electron chi connectivity index (χ1n) is 5.80. The number of aromatic nitrogens is 1. The average molecular weight is 241 g/mol. The highest BCUT2D eigenvalue weighted by Crippen LogP contribution is 2.15. The molecule has 0 bridgehead atoms. The predicted octanol–water partition coefficient (Wildman–Crippen LogP) is 1.48. The lowest BCUT2D eigenvalue weighted by molar-refractivity contribution is 0.0959. The van der Waals surface area contributed by atoms with Crippen molar-refractivity contribution in [1.29, 1.82) is 0 Å². The number of nitrogens with zero attached hydrogens (tertiary/aromatic N) is 1. The van der Waals surface area contributed by atoms with E-state index in [1.807, 2.05) is 36.4 Å². The third kappa shape index (κ3) is 2.73. The first kappa shape index (κ1) is 12.3. The maximum atomic E-state index is 12.0. The molecule has 0 saturated heterocycles. The monoisotopic (exact) mass is 241 g/mol. The zero-order chi connectivity index (χ0) is 12.8. The van der Waals surface area contributed by atoms with E-state index in [2.05, 4.69) is 10.3 Å². The smallest absolute Gasteiger partial charge is 0.253 e. The van der Waals surface area contributed by atoms with E-state index in [-0.39, 0.29) is 5.91 Å². The van der Waals surface area contributed by atoms with E-state index < -0.39 is 0 Å². The number of nitrogens with one attached hydrogen (secondary N) is 1. The van der Waals surface area contributed by atoms with E-state index >= 15 is 0 Å². The van der Waals surface area contributed by atoms with Crippen LogP contribution in [0.3, 0.4) is 0 Å². The van der Waals surface area contributed by atoms with Gasteiger partial charge in [0.15, 0.2) is 0 Å². The first-order chi connectivity index (χ1) is 8.83. The van der Waals surface area contributed by atoms with E-state index in [0.29, 0.717) is 18.7 Å². The standard InChI is InChI=1S/C14H15N3O/c15-8-1-2-9-17-14(18)12-7-3-5-11-6-4-10-16-13(11)12/h1-7,10H,8-9,15H2,(H,17,18)/b2-1+. The van der Waals surface area contributed by atoms with Gasteiger partial charge in [-0.05, 0) is 12.1 Å². The van der Waals surface area contributed by atoms with Gasteiger partial charge in [0.1, 0.15) is 0 Å². The Kier molecular flexibility index (Phi) is 4.04. The molecule has 0 aliphatic carbocycles. The van der Waals surface area contributed by atoms with E-state index in [1.54, 1.807) is 12.3 Å². The molecule has 18 heavy (non-hydrogen) atoms. The van der Waals surface area contributed by atoms with Crippen molar-refractivity contribution in [3.05, 3.63) is 54.2 Å². The van der Waals surface area contributed by atoms with Gasteiger partial charge in [0, 0.05) is 24.7 Å². The maximum absolute atomic E-state index is 12.0. The van der Waals surface area contributed by atoms with Crippen LogP contribution in [0.15, 0.2) is 48.7 Å². The van der Waals surface area contributed by atoms with Gasteiger partial charge < -0.3 is 11.1 Å². The number of benzene rings is 1. The van der Waals surface area contributed by atoms with Crippen molar-refractivity contribution in [3.63, 3.8) is 0 Å². The zero-order valence-electron chi connectivity index (χ0n) is 9.97. The van der Waals surface area contributed by atoms with Gasteiger partial charge in [0.05, 0.1) is 11.1 Å². The number of carbonyl (C=O) groups is 1. The van der Waals surface area contributed by atoms with Crippen molar-refractivity contribution in [3.8, 4) is 0 Å². The highest BCUT2D eigenvalue weighted by atomic mass is 16.1. The van der Waals surface area contributed by atoms with Crippen LogP contribution in [0.25, 0.3) is 10.9 Å². The number of amides is 1. The highest BCUT2D eigenvalue weighted by Gasteiger charge is 2.09. The number of pyridine rings is 1. The Morgan fingerprint density at radius 3 is 2.94 bits per heavy atom. The summed E-state index contributed by atoms with van der Waals surface area (Å²) in [6, 6.07) is 9.36. The van der Waals surface area contributed by atoms with Crippen molar-refractivity contribution in [2.45, 2.75) is 0 Å². The Morgan fingerprint density at radius 2 is 2.11 bits per heavy atom. The lowest BCUT2D eigenvalue weighted by atomic mass is 10.1. The van der Waals surface area contributed by atoms with Crippen molar-refractivity contribution in [2.75, 3.05) is 13.1 Å². The van der Waals surface area contributed by atoms with Gasteiger partial charge in [0.2, 0.25) is 0 Å². The van der Waals surface area contributed by atoms with Crippen LogP contribution in [0.5, 0.6) is 0 Å². The molecule has 0 aliphatic heterocycles. The number of hydrogen-bond acceptors (Lipinski definition) is 3. The largest absolute Gasteiger partial charge is 0.349 e. The number of fused-ring (bicyclic) bond motifs is 1. The third-order valence-corrected chi connectivity index (χ3v) is 2.56. The van der Waals surface area contributed by atoms with Crippen LogP contribution in [-0.4, -0.2) is 24.0 Å². The molecule has 0 spiro atoms. The SMILES string of the molecule is NC/C=C/CNC(=O)c1cccc2cccnc12. The molecule has 92 valence electrons. The molecule has 3 N–H and O–H groups in total. The van der Waals surface area contributed by atoms with Crippen LogP contribution < -0.4 is 11.1 Å². The van der Waals surface area contributed by atoms with Crippen molar-refractivity contribution < 1.29 is 4.79 Å². The second-order valence-corrected chi connectivity index (χ2v) is 3.80. The molecular weight excluding hydrogens is 226 g/mol. The van der Waals surface area contributed by atoms with Crippen molar-refractivity contribution in [2.24, 2.45) is 5.73 Å². The lowest BCUT2D eigenvalue weighted by Crippen LogP contribution is -2.23. The summed E-state index contributed by atoms with van der Waals surface area (Å²) in [7, 11) is 0. The molecule has 0 atom stereocenters. The molecule has 0 unspecified atom stereocenters. The van der Waals surface area contributed by atoms with Crippen LogP contribution in [0.1, 0.15) is 10.4 Å². The minimum absolute atomic E-state index is 0.124. The van der Waals surface area contributed by atoms with Crippen LogP contribution in [0, 0.1) is 0 Å². The van der Waals surface area contributed by atoms with Crippen LogP contribution >= 0.6 is 0 Å². The van der Waals surface area contributed by atoms with Gasteiger partial charge >= 0.3 is 0 Å². The second-order valence-electron chi connectivity index (χ2n) is 3.80. The Labute approximate surface area is 106 Å².